The van der Waals surface area contributed by atoms with Crippen LogP contribution in [0.15, 0.2) is 36.4 Å². The molecule has 0 radical (unpaired) electrons. The smallest absolute Gasteiger partial charge is 0.244 e. The molecule has 0 spiro atoms. The van der Waals surface area contributed by atoms with E-state index >= 15 is 0 Å². The van der Waals surface area contributed by atoms with Crippen LogP contribution in [0.4, 0.5) is 0 Å². The molecule has 1 unspecified atom stereocenters. The van der Waals surface area contributed by atoms with E-state index < -0.39 is 0 Å². The predicted octanol–water partition coefficient (Wildman–Crippen LogP) is 3.59. The van der Waals surface area contributed by atoms with Gasteiger partial charge >= 0.3 is 0 Å². The summed E-state index contributed by atoms with van der Waals surface area (Å²) in [5, 5.41) is 7.78. The van der Waals surface area contributed by atoms with E-state index in [1.54, 1.807) is 17.8 Å². The highest BCUT2D eigenvalue weighted by molar-refractivity contribution is 6.31. The second kappa shape index (κ2) is 9.55. The van der Waals surface area contributed by atoms with Crippen molar-refractivity contribution in [3.8, 4) is 0 Å². The van der Waals surface area contributed by atoms with Crippen molar-refractivity contribution in [3.05, 3.63) is 58.4 Å². The van der Waals surface area contributed by atoms with E-state index in [-0.39, 0.29) is 11.9 Å². The maximum atomic E-state index is 12.3. The van der Waals surface area contributed by atoms with Crippen molar-refractivity contribution in [1.29, 1.82) is 0 Å². The van der Waals surface area contributed by atoms with E-state index in [9.17, 15) is 4.79 Å². The van der Waals surface area contributed by atoms with E-state index in [0.29, 0.717) is 11.7 Å². The van der Waals surface area contributed by atoms with Crippen molar-refractivity contribution < 1.29 is 4.79 Å². The fraction of sp³-hybridized carbons (Fsp3) is 0.400. The van der Waals surface area contributed by atoms with Gasteiger partial charge in [0.2, 0.25) is 5.91 Å². The number of amides is 1. The number of nitrogens with zero attached hydrogens (tertiary/aromatic N) is 3. The summed E-state index contributed by atoms with van der Waals surface area (Å²) < 4.78 is 1.60. The second-order valence-electron chi connectivity index (χ2n) is 6.14. The van der Waals surface area contributed by atoms with Gasteiger partial charge in [-0.2, -0.15) is 5.10 Å². The number of likely N-dealkylation sites (N-methyl/N-ethyl adjacent to an activating group) is 1. The average molecular weight is 375 g/mol. The molecular formula is C20H27ClN4O. The third-order valence-electron chi connectivity index (χ3n) is 4.50. The molecule has 0 aliphatic rings. The molecule has 2 rings (SSSR count). The maximum absolute atomic E-state index is 12.3. The van der Waals surface area contributed by atoms with Gasteiger partial charge < -0.3 is 5.32 Å². The summed E-state index contributed by atoms with van der Waals surface area (Å²) in [4.78, 5) is 14.6. The number of carbonyl (C=O) groups is 1. The van der Waals surface area contributed by atoms with Crippen LogP contribution in [-0.2, 0) is 11.8 Å². The normalized spacial score (nSPS) is 12.7. The van der Waals surface area contributed by atoms with Crippen LogP contribution < -0.4 is 5.32 Å². The lowest BCUT2D eigenvalue weighted by Gasteiger charge is -2.30. The van der Waals surface area contributed by atoms with Crippen LogP contribution in [0.1, 0.15) is 36.7 Å². The molecule has 0 saturated carbocycles. The highest BCUT2D eigenvalue weighted by Crippen LogP contribution is 2.21. The molecule has 26 heavy (non-hydrogen) atoms. The van der Waals surface area contributed by atoms with E-state index in [4.69, 9.17) is 11.6 Å². The van der Waals surface area contributed by atoms with Gasteiger partial charge in [-0.1, -0.05) is 55.8 Å². The van der Waals surface area contributed by atoms with Crippen LogP contribution in [0.25, 0.3) is 6.08 Å². The van der Waals surface area contributed by atoms with Gasteiger partial charge in [0.15, 0.2) is 0 Å². The summed E-state index contributed by atoms with van der Waals surface area (Å²) in [6.07, 6.45) is 3.23. The monoisotopic (exact) mass is 374 g/mol. The Hall–Kier alpha value is -2.11. The molecule has 0 aliphatic heterocycles. The molecule has 1 aromatic heterocycles. The molecule has 0 saturated heterocycles. The number of hydrogen-bond acceptors (Lipinski definition) is 3. The van der Waals surface area contributed by atoms with E-state index in [1.807, 2.05) is 25.1 Å². The molecule has 1 heterocycles. The van der Waals surface area contributed by atoms with Gasteiger partial charge in [0, 0.05) is 25.2 Å². The summed E-state index contributed by atoms with van der Waals surface area (Å²) in [6, 6.07) is 10.4. The first-order valence-corrected chi connectivity index (χ1v) is 9.29. The van der Waals surface area contributed by atoms with Crippen molar-refractivity contribution in [3.63, 3.8) is 0 Å². The lowest BCUT2D eigenvalue weighted by Crippen LogP contribution is -2.37. The quantitative estimate of drug-likeness (QED) is 0.718. The zero-order valence-electron chi connectivity index (χ0n) is 15.9. The van der Waals surface area contributed by atoms with E-state index in [1.165, 1.54) is 11.6 Å². The molecule has 1 amide bonds. The van der Waals surface area contributed by atoms with Crippen molar-refractivity contribution >= 4 is 23.6 Å². The minimum atomic E-state index is -0.141. The number of halogens is 1. The fourth-order valence-electron chi connectivity index (χ4n) is 3.05. The number of aryl methyl sites for hydroxylation is 2. The van der Waals surface area contributed by atoms with Gasteiger partial charge in [-0.15, -0.1) is 0 Å². The van der Waals surface area contributed by atoms with Gasteiger partial charge in [-0.25, -0.2) is 0 Å². The first-order chi connectivity index (χ1) is 12.5. The Morgan fingerprint density at radius 1 is 1.31 bits per heavy atom. The second-order valence-corrected chi connectivity index (χ2v) is 6.50. The van der Waals surface area contributed by atoms with Crippen molar-refractivity contribution in [1.82, 2.24) is 20.0 Å². The first-order valence-electron chi connectivity index (χ1n) is 8.91. The third kappa shape index (κ3) is 4.96. The van der Waals surface area contributed by atoms with Crippen LogP contribution in [0, 0.1) is 6.92 Å². The lowest BCUT2D eigenvalue weighted by molar-refractivity contribution is -0.116. The Bertz CT molecular complexity index is 751. The molecule has 1 aromatic carbocycles. The Labute approximate surface area is 160 Å². The number of benzene rings is 1. The van der Waals surface area contributed by atoms with E-state index in [0.717, 1.165) is 24.3 Å². The van der Waals surface area contributed by atoms with Crippen LogP contribution in [0.5, 0.6) is 0 Å². The summed E-state index contributed by atoms with van der Waals surface area (Å²) in [5.74, 6) is -0.141. The topological polar surface area (TPSA) is 50.2 Å². The average Bonchev–Trinajstić information content (AvgIpc) is 2.89. The first kappa shape index (κ1) is 20.2. The van der Waals surface area contributed by atoms with Gasteiger partial charge in [0.25, 0.3) is 0 Å². The number of hydrogen-bond donors (Lipinski definition) is 1. The van der Waals surface area contributed by atoms with Crippen molar-refractivity contribution in [2.24, 2.45) is 7.05 Å². The van der Waals surface area contributed by atoms with Gasteiger partial charge in [0.1, 0.15) is 5.15 Å². The molecule has 2 aromatic rings. The van der Waals surface area contributed by atoms with Crippen LogP contribution in [0.2, 0.25) is 5.15 Å². The highest BCUT2D eigenvalue weighted by Gasteiger charge is 2.18. The van der Waals surface area contributed by atoms with Gasteiger partial charge in [0.05, 0.1) is 11.7 Å². The molecule has 5 nitrogen and oxygen atoms in total. The number of aromatic nitrogens is 2. The number of carbonyl (C=O) groups excluding carboxylic acids is 1. The van der Waals surface area contributed by atoms with Crippen molar-refractivity contribution in [2.45, 2.75) is 26.8 Å². The van der Waals surface area contributed by atoms with Crippen molar-refractivity contribution in [2.75, 3.05) is 19.6 Å². The van der Waals surface area contributed by atoms with E-state index in [2.05, 4.69) is 41.3 Å². The van der Waals surface area contributed by atoms with Crippen LogP contribution in [0.3, 0.4) is 0 Å². The molecule has 140 valence electrons. The standard InChI is InChI=1S/C20H27ClN4O/c1-5-25(6-2)18(16-10-8-7-9-11-16)14-22-19(26)13-12-17-15(3)23-24(4)20(17)21/h7-13,18H,5-6,14H2,1-4H3,(H,22,26)/b13-12+. The molecule has 0 fully saturated rings. The van der Waals surface area contributed by atoms with Crippen LogP contribution >= 0.6 is 11.6 Å². The molecule has 1 atom stereocenters. The third-order valence-corrected chi connectivity index (χ3v) is 4.95. The Balaban J connectivity index is 2.06. The summed E-state index contributed by atoms with van der Waals surface area (Å²) in [7, 11) is 1.78. The SMILES string of the molecule is CCN(CC)C(CNC(=O)/C=C/c1c(C)nn(C)c1Cl)c1ccccc1. The van der Waals surface area contributed by atoms with Gasteiger partial charge in [-0.3, -0.25) is 14.4 Å². The predicted molar refractivity (Wildman–Crippen MR) is 107 cm³/mol. The fourth-order valence-corrected chi connectivity index (χ4v) is 3.29. The maximum Gasteiger partial charge on any atom is 0.244 e. The Morgan fingerprint density at radius 2 is 1.96 bits per heavy atom. The van der Waals surface area contributed by atoms with Gasteiger partial charge in [-0.05, 0) is 31.7 Å². The zero-order chi connectivity index (χ0) is 19.1. The summed E-state index contributed by atoms with van der Waals surface area (Å²) >= 11 is 6.20. The van der Waals surface area contributed by atoms with Crippen LogP contribution in [-0.4, -0.2) is 40.2 Å². The number of nitrogens with one attached hydrogen (secondary N) is 1. The molecular weight excluding hydrogens is 348 g/mol. The molecule has 6 heteroatoms. The Kier molecular flexibility index (Phi) is 7.42. The summed E-state index contributed by atoms with van der Waals surface area (Å²) in [5.41, 5.74) is 2.77. The lowest BCUT2D eigenvalue weighted by atomic mass is 10.1. The zero-order valence-corrected chi connectivity index (χ0v) is 16.6. The minimum Gasteiger partial charge on any atom is -0.351 e. The largest absolute Gasteiger partial charge is 0.351 e. The number of rotatable bonds is 8. The summed E-state index contributed by atoms with van der Waals surface area (Å²) in [6.45, 7) is 8.53. The Morgan fingerprint density at radius 3 is 2.50 bits per heavy atom. The minimum absolute atomic E-state index is 0.141. The molecule has 1 N–H and O–H groups in total. The molecule has 0 bridgehead atoms. The highest BCUT2D eigenvalue weighted by atomic mass is 35.5. The molecule has 0 aliphatic carbocycles.